The van der Waals surface area contributed by atoms with Crippen molar-refractivity contribution in [1.82, 2.24) is 5.32 Å². The van der Waals surface area contributed by atoms with Gasteiger partial charge >= 0.3 is 0 Å². The third kappa shape index (κ3) is 3.76. The van der Waals surface area contributed by atoms with Gasteiger partial charge in [0.1, 0.15) is 0 Å². The molecule has 0 bridgehead atoms. The molecule has 0 aliphatic heterocycles. The minimum atomic E-state index is -0.500. The highest BCUT2D eigenvalue weighted by atomic mass is 79.9. The van der Waals surface area contributed by atoms with Crippen molar-refractivity contribution >= 4 is 21.8 Å². The van der Waals surface area contributed by atoms with Crippen LogP contribution in [0.5, 0.6) is 0 Å². The smallest absolute Gasteiger partial charge is 0.236 e. The first kappa shape index (κ1) is 13.0. The van der Waals surface area contributed by atoms with Crippen molar-refractivity contribution in [3.63, 3.8) is 0 Å². The molecule has 0 aromatic rings. The maximum absolute atomic E-state index is 11.6. The molecule has 3 nitrogen and oxygen atoms in total. The Balaban J connectivity index is 2.34. The van der Waals surface area contributed by atoms with Gasteiger partial charge in [0.15, 0.2) is 0 Å². The Kier molecular flexibility index (Phi) is 4.59. The fraction of sp³-hybridized carbons (Fsp3) is 0.909. The van der Waals surface area contributed by atoms with Crippen LogP contribution in [-0.4, -0.2) is 28.5 Å². The molecular weight excluding hydrogens is 258 g/mol. The van der Waals surface area contributed by atoms with Gasteiger partial charge in [0, 0.05) is 13.2 Å². The van der Waals surface area contributed by atoms with E-state index >= 15 is 0 Å². The molecule has 4 heteroatoms. The van der Waals surface area contributed by atoms with Crippen LogP contribution in [0.4, 0.5) is 0 Å². The molecule has 1 saturated carbocycles. The average Bonchev–Trinajstić information content (AvgIpc) is 2.59. The van der Waals surface area contributed by atoms with Gasteiger partial charge in [-0.05, 0) is 38.5 Å². The number of hydrogen-bond acceptors (Lipinski definition) is 2. The predicted molar refractivity (Wildman–Crippen MR) is 63.9 cm³/mol. The Bertz CT molecular complexity index is 225. The topological polar surface area (TPSA) is 49.3 Å². The van der Waals surface area contributed by atoms with E-state index in [9.17, 15) is 4.79 Å². The summed E-state index contributed by atoms with van der Waals surface area (Å²) >= 11 is 3.32. The Morgan fingerprint density at radius 3 is 2.60 bits per heavy atom. The summed E-state index contributed by atoms with van der Waals surface area (Å²) in [5.41, 5.74) is 0. The first-order chi connectivity index (χ1) is 6.95. The van der Waals surface area contributed by atoms with E-state index in [0.717, 1.165) is 12.8 Å². The van der Waals surface area contributed by atoms with Crippen molar-refractivity contribution in [2.24, 2.45) is 11.8 Å². The van der Waals surface area contributed by atoms with Gasteiger partial charge in [-0.25, -0.2) is 0 Å². The van der Waals surface area contributed by atoms with Crippen LogP contribution in [0.25, 0.3) is 0 Å². The molecule has 0 heterocycles. The summed E-state index contributed by atoms with van der Waals surface area (Å²) in [6.45, 7) is 4.61. The summed E-state index contributed by atoms with van der Waals surface area (Å²) in [6, 6.07) is 0. The highest BCUT2D eigenvalue weighted by Crippen LogP contribution is 2.30. The molecule has 1 aliphatic rings. The zero-order valence-electron chi connectivity index (χ0n) is 9.42. The van der Waals surface area contributed by atoms with Gasteiger partial charge < -0.3 is 10.4 Å². The van der Waals surface area contributed by atoms with Crippen LogP contribution < -0.4 is 5.32 Å². The highest BCUT2D eigenvalue weighted by molar-refractivity contribution is 9.10. The summed E-state index contributed by atoms with van der Waals surface area (Å²) < 4.78 is -0.500. The molecule has 0 radical (unpaired) electrons. The van der Waals surface area contributed by atoms with E-state index in [-0.39, 0.29) is 12.5 Å². The number of alkyl halides is 1. The van der Waals surface area contributed by atoms with Gasteiger partial charge in [-0.2, -0.15) is 0 Å². The lowest BCUT2D eigenvalue weighted by molar-refractivity contribution is -0.122. The maximum atomic E-state index is 11.6. The van der Waals surface area contributed by atoms with E-state index in [4.69, 9.17) is 5.11 Å². The number of nitrogens with one attached hydrogen (secondary N) is 1. The van der Waals surface area contributed by atoms with E-state index in [1.165, 1.54) is 6.42 Å². The standard InChI is InChI=1S/C11H20BrNO2/c1-11(2,12)10(15)13-6-8-4-3-5-9(8)7-14/h8-9,14H,3-7H2,1-2H3,(H,13,15). The zero-order valence-corrected chi connectivity index (χ0v) is 11.0. The Morgan fingerprint density at radius 2 is 2.07 bits per heavy atom. The Labute approximate surface area is 99.8 Å². The van der Waals surface area contributed by atoms with Crippen molar-refractivity contribution in [2.75, 3.05) is 13.2 Å². The molecular formula is C11H20BrNO2. The minimum absolute atomic E-state index is 0.0195. The van der Waals surface area contributed by atoms with Crippen LogP contribution in [0.15, 0.2) is 0 Å². The molecule has 1 aliphatic carbocycles. The molecule has 0 aromatic heterocycles. The number of aliphatic hydroxyl groups is 1. The second-order valence-electron chi connectivity index (χ2n) is 4.82. The fourth-order valence-electron chi connectivity index (χ4n) is 2.06. The number of carbonyl (C=O) groups excluding carboxylic acids is 1. The highest BCUT2D eigenvalue weighted by Gasteiger charge is 2.29. The zero-order chi connectivity index (χ0) is 11.5. The van der Waals surface area contributed by atoms with E-state index in [1.54, 1.807) is 0 Å². The third-order valence-corrected chi connectivity index (χ3v) is 3.48. The van der Waals surface area contributed by atoms with Gasteiger partial charge in [-0.15, -0.1) is 0 Å². The van der Waals surface area contributed by atoms with Crippen LogP contribution in [0.3, 0.4) is 0 Å². The summed E-state index contributed by atoms with van der Waals surface area (Å²) in [6.07, 6.45) is 3.38. The fourth-order valence-corrected chi connectivity index (χ4v) is 2.20. The molecule has 1 fully saturated rings. The van der Waals surface area contributed by atoms with E-state index in [2.05, 4.69) is 21.2 Å². The summed E-state index contributed by atoms with van der Waals surface area (Å²) in [5, 5.41) is 12.1. The molecule has 88 valence electrons. The SMILES string of the molecule is CC(C)(Br)C(=O)NCC1CCCC1CO. The molecule has 1 rings (SSSR count). The van der Waals surface area contributed by atoms with Gasteiger partial charge in [0.05, 0.1) is 4.32 Å². The molecule has 15 heavy (non-hydrogen) atoms. The largest absolute Gasteiger partial charge is 0.396 e. The van der Waals surface area contributed by atoms with Crippen LogP contribution in [0.2, 0.25) is 0 Å². The second-order valence-corrected chi connectivity index (χ2v) is 6.80. The minimum Gasteiger partial charge on any atom is -0.396 e. The normalized spacial score (nSPS) is 26.7. The van der Waals surface area contributed by atoms with Crippen molar-refractivity contribution in [3.05, 3.63) is 0 Å². The van der Waals surface area contributed by atoms with Gasteiger partial charge in [-0.1, -0.05) is 22.4 Å². The van der Waals surface area contributed by atoms with Crippen molar-refractivity contribution in [2.45, 2.75) is 37.4 Å². The molecule has 0 saturated heterocycles. The van der Waals surface area contributed by atoms with Gasteiger partial charge in [-0.3, -0.25) is 4.79 Å². The lowest BCUT2D eigenvalue weighted by atomic mass is 9.97. The number of rotatable bonds is 4. The summed E-state index contributed by atoms with van der Waals surface area (Å²) in [4.78, 5) is 11.6. The molecule has 0 spiro atoms. The van der Waals surface area contributed by atoms with Crippen molar-refractivity contribution < 1.29 is 9.90 Å². The van der Waals surface area contributed by atoms with Gasteiger partial charge in [0.25, 0.3) is 0 Å². The van der Waals surface area contributed by atoms with Gasteiger partial charge in [0.2, 0.25) is 5.91 Å². The molecule has 0 aromatic carbocycles. The van der Waals surface area contributed by atoms with E-state index in [1.807, 2.05) is 13.8 Å². The first-order valence-electron chi connectivity index (χ1n) is 5.53. The van der Waals surface area contributed by atoms with Crippen molar-refractivity contribution in [1.29, 1.82) is 0 Å². The molecule has 2 atom stereocenters. The van der Waals surface area contributed by atoms with E-state index in [0.29, 0.717) is 18.4 Å². The molecule has 2 N–H and O–H groups in total. The monoisotopic (exact) mass is 277 g/mol. The van der Waals surface area contributed by atoms with Crippen LogP contribution in [0, 0.1) is 11.8 Å². The summed E-state index contributed by atoms with van der Waals surface area (Å²) in [7, 11) is 0. The van der Waals surface area contributed by atoms with Crippen molar-refractivity contribution in [3.8, 4) is 0 Å². The number of aliphatic hydroxyl groups excluding tert-OH is 1. The quantitative estimate of drug-likeness (QED) is 0.769. The summed E-state index contributed by atoms with van der Waals surface area (Å²) in [5.74, 6) is 0.851. The van der Waals surface area contributed by atoms with Crippen LogP contribution >= 0.6 is 15.9 Å². The number of halogens is 1. The molecule has 2 unspecified atom stereocenters. The van der Waals surface area contributed by atoms with Crippen LogP contribution in [0.1, 0.15) is 33.1 Å². The Hall–Kier alpha value is -0.0900. The lowest BCUT2D eigenvalue weighted by Crippen LogP contribution is -2.40. The molecule has 1 amide bonds. The number of carbonyl (C=O) groups is 1. The lowest BCUT2D eigenvalue weighted by Gasteiger charge is -2.21. The Morgan fingerprint density at radius 1 is 1.47 bits per heavy atom. The van der Waals surface area contributed by atoms with Crippen LogP contribution in [-0.2, 0) is 4.79 Å². The average molecular weight is 278 g/mol. The van der Waals surface area contributed by atoms with E-state index < -0.39 is 4.32 Å². The maximum Gasteiger partial charge on any atom is 0.236 e. The predicted octanol–water partition coefficient (Wildman–Crippen LogP) is 1.68. The number of amides is 1. The second kappa shape index (κ2) is 5.30. The number of hydrogen-bond donors (Lipinski definition) is 2. The first-order valence-corrected chi connectivity index (χ1v) is 6.32. The third-order valence-electron chi connectivity index (χ3n) is 3.12.